The van der Waals surface area contributed by atoms with Gasteiger partial charge < -0.3 is 15.4 Å². The van der Waals surface area contributed by atoms with Crippen molar-refractivity contribution in [1.29, 1.82) is 0 Å². The number of esters is 1. The van der Waals surface area contributed by atoms with Crippen LogP contribution in [0.2, 0.25) is 0 Å². The van der Waals surface area contributed by atoms with Crippen LogP contribution in [0.3, 0.4) is 0 Å². The summed E-state index contributed by atoms with van der Waals surface area (Å²) in [5, 5.41) is 5.27. The highest BCUT2D eigenvalue weighted by Gasteiger charge is 2.23. The average molecular weight is 386 g/mol. The third-order valence-corrected chi connectivity index (χ3v) is 3.30. The highest BCUT2D eigenvalue weighted by Crippen LogP contribution is 2.19. The van der Waals surface area contributed by atoms with Gasteiger partial charge >= 0.3 is 5.97 Å². The Morgan fingerprint density at radius 2 is 2.04 bits per heavy atom. The summed E-state index contributed by atoms with van der Waals surface area (Å²) in [4.78, 5) is 39.5. The second-order valence-corrected chi connectivity index (χ2v) is 5.60. The molecular formula is C15H20BrN3O4. The third kappa shape index (κ3) is 5.97. The van der Waals surface area contributed by atoms with Crippen molar-refractivity contribution in [3.8, 4) is 0 Å². The monoisotopic (exact) mass is 385 g/mol. The van der Waals surface area contributed by atoms with E-state index in [9.17, 15) is 14.4 Å². The van der Waals surface area contributed by atoms with Gasteiger partial charge in [0.05, 0.1) is 17.4 Å². The topological polar surface area (TPSA) is 97.4 Å². The number of rotatable bonds is 7. The zero-order valence-electron chi connectivity index (χ0n) is 13.3. The highest BCUT2D eigenvalue weighted by molar-refractivity contribution is 9.10. The number of carbonyl (C=O) groups is 3. The van der Waals surface area contributed by atoms with Gasteiger partial charge in [-0.1, -0.05) is 13.3 Å². The van der Waals surface area contributed by atoms with Crippen LogP contribution in [0.1, 0.15) is 44.0 Å². The largest absolute Gasteiger partial charge is 0.452 e. The first kappa shape index (κ1) is 19.1. The molecule has 1 aromatic heterocycles. The number of anilines is 1. The van der Waals surface area contributed by atoms with Crippen LogP contribution in [0.4, 0.5) is 5.69 Å². The Morgan fingerprint density at radius 3 is 2.61 bits per heavy atom. The van der Waals surface area contributed by atoms with Crippen molar-refractivity contribution in [2.75, 3.05) is 11.9 Å². The van der Waals surface area contributed by atoms with Gasteiger partial charge in [-0.15, -0.1) is 0 Å². The molecule has 2 amide bonds. The molecule has 7 nitrogen and oxygen atoms in total. The Morgan fingerprint density at radius 1 is 1.35 bits per heavy atom. The number of nitrogens with one attached hydrogen (secondary N) is 2. The molecule has 0 aromatic carbocycles. The number of amides is 2. The van der Waals surface area contributed by atoms with Crippen LogP contribution >= 0.6 is 15.9 Å². The van der Waals surface area contributed by atoms with Gasteiger partial charge in [-0.3, -0.25) is 14.4 Å². The van der Waals surface area contributed by atoms with Crippen molar-refractivity contribution in [2.24, 2.45) is 0 Å². The minimum Gasteiger partial charge on any atom is -0.452 e. The van der Waals surface area contributed by atoms with E-state index in [2.05, 4.69) is 31.5 Å². The lowest BCUT2D eigenvalue weighted by Crippen LogP contribution is -2.33. The Balaban J connectivity index is 2.99. The van der Waals surface area contributed by atoms with E-state index in [-0.39, 0.29) is 17.2 Å². The van der Waals surface area contributed by atoms with Crippen LogP contribution in [0.25, 0.3) is 0 Å². The van der Waals surface area contributed by atoms with E-state index in [0.29, 0.717) is 24.0 Å². The quantitative estimate of drug-likeness (QED) is 0.554. The van der Waals surface area contributed by atoms with Crippen molar-refractivity contribution in [3.63, 3.8) is 0 Å². The van der Waals surface area contributed by atoms with Gasteiger partial charge in [0.2, 0.25) is 0 Å². The van der Waals surface area contributed by atoms with Crippen molar-refractivity contribution in [2.45, 2.75) is 39.7 Å². The van der Waals surface area contributed by atoms with Crippen molar-refractivity contribution >= 4 is 39.4 Å². The maximum atomic E-state index is 12.3. The summed E-state index contributed by atoms with van der Waals surface area (Å²) in [5.74, 6) is -1.35. The molecule has 126 valence electrons. The summed E-state index contributed by atoms with van der Waals surface area (Å²) in [6.45, 7) is 5.38. The van der Waals surface area contributed by atoms with E-state index in [1.165, 1.54) is 19.2 Å². The molecular weight excluding hydrogens is 366 g/mol. The summed E-state index contributed by atoms with van der Waals surface area (Å²) < 4.78 is 5.49. The van der Waals surface area contributed by atoms with Crippen molar-refractivity contribution in [3.05, 3.63) is 22.4 Å². The van der Waals surface area contributed by atoms with Crippen LogP contribution in [0.5, 0.6) is 0 Å². The fraction of sp³-hybridized carbons (Fsp3) is 0.467. The fourth-order valence-corrected chi connectivity index (χ4v) is 2.22. The maximum Gasteiger partial charge on any atom is 0.303 e. The molecule has 1 heterocycles. The number of pyridine rings is 1. The molecule has 0 spiro atoms. The Labute approximate surface area is 143 Å². The van der Waals surface area contributed by atoms with Gasteiger partial charge in [0.1, 0.15) is 4.60 Å². The number of nitrogens with zero attached hydrogens (tertiary/aromatic N) is 1. The van der Waals surface area contributed by atoms with E-state index >= 15 is 0 Å². The number of hydrogen-bond donors (Lipinski definition) is 2. The lowest BCUT2D eigenvalue weighted by Gasteiger charge is -2.17. The molecule has 0 saturated heterocycles. The number of carbonyl (C=O) groups excluding carboxylic acids is 3. The van der Waals surface area contributed by atoms with Gasteiger partial charge in [-0.05, 0) is 35.3 Å². The lowest BCUT2D eigenvalue weighted by molar-refractivity contribution is -0.152. The van der Waals surface area contributed by atoms with Gasteiger partial charge in [-0.2, -0.15) is 0 Å². The van der Waals surface area contributed by atoms with Crippen LogP contribution < -0.4 is 10.6 Å². The molecule has 1 atom stereocenters. The predicted molar refractivity (Wildman–Crippen MR) is 89.0 cm³/mol. The molecule has 0 fully saturated rings. The van der Waals surface area contributed by atoms with E-state index in [0.717, 1.165) is 0 Å². The number of halogens is 1. The number of hydrogen-bond acceptors (Lipinski definition) is 5. The van der Waals surface area contributed by atoms with Crippen molar-refractivity contribution in [1.82, 2.24) is 10.3 Å². The van der Waals surface area contributed by atoms with E-state index in [4.69, 9.17) is 4.74 Å². The number of aromatic nitrogens is 1. The first-order valence-corrected chi connectivity index (χ1v) is 8.10. The molecule has 0 radical (unpaired) electrons. The predicted octanol–water partition coefficient (Wildman–Crippen LogP) is 2.26. The van der Waals surface area contributed by atoms with Crippen LogP contribution in [0.15, 0.2) is 16.9 Å². The summed E-state index contributed by atoms with van der Waals surface area (Å²) in [6.07, 6.45) is 1.55. The van der Waals surface area contributed by atoms with Gasteiger partial charge in [-0.25, -0.2) is 4.98 Å². The summed E-state index contributed by atoms with van der Waals surface area (Å²) in [6, 6.07) is 1.52. The molecule has 0 saturated carbocycles. The van der Waals surface area contributed by atoms with Gasteiger partial charge in [0.25, 0.3) is 11.8 Å². The molecule has 0 aliphatic heterocycles. The first-order valence-electron chi connectivity index (χ1n) is 7.30. The Bertz CT molecular complexity index is 592. The van der Waals surface area contributed by atoms with Crippen LogP contribution in [-0.2, 0) is 14.3 Å². The van der Waals surface area contributed by atoms with Gasteiger partial charge in [0, 0.05) is 13.5 Å². The third-order valence-electron chi connectivity index (χ3n) is 2.86. The van der Waals surface area contributed by atoms with Crippen LogP contribution in [0, 0.1) is 0 Å². The minimum absolute atomic E-state index is 0.261. The number of ether oxygens (including phenoxy) is 1. The summed E-state index contributed by atoms with van der Waals surface area (Å²) in [5.41, 5.74) is 0.539. The minimum atomic E-state index is -0.900. The molecule has 8 heteroatoms. The standard InChI is InChI=1S/C15H20BrN3O4/c1-4-6-12(23-9(3)20)15(22)19-11-8-18-13(16)7-10(11)14(21)17-5-2/h7-8,12H,4-6H2,1-3H3,(H,17,21)(H,19,22)/t12-/m0/s1. The zero-order chi connectivity index (χ0) is 17.4. The molecule has 1 rings (SSSR count). The lowest BCUT2D eigenvalue weighted by atomic mass is 10.1. The molecule has 0 aliphatic carbocycles. The fourth-order valence-electron chi connectivity index (χ4n) is 1.89. The second kappa shape index (κ2) is 9.24. The Kier molecular flexibility index (Phi) is 7.67. The maximum absolute atomic E-state index is 12.3. The molecule has 0 unspecified atom stereocenters. The molecule has 23 heavy (non-hydrogen) atoms. The van der Waals surface area contributed by atoms with E-state index < -0.39 is 18.0 Å². The molecule has 0 aliphatic rings. The second-order valence-electron chi connectivity index (χ2n) is 4.79. The van der Waals surface area contributed by atoms with Crippen LogP contribution in [-0.4, -0.2) is 35.4 Å². The summed E-state index contributed by atoms with van der Waals surface area (Å²) >= 11 is 3.20. The van der Waals surface area contributed by atoms with Crippen molar-refractivity contribution < 1.29 is 19.1 Å². The Hall–Kier alpha value is -1.96. The zero-order valence-corrected chi connectivity index (χ0v) is 14.9. The first-order chi connectivity index (χ1) is 10.9. The smallest absolute Gasteiger partial charge is 0.303 e. The highest BCUT2D eigenvalue weighted by atomic mass is 79.9. The molecule has 2 N–H and O–H groups in total. The normalized spacial score (nSPS) is 11.5. The SMILES string of the molecule is CCC[C@H](OC(C)=O)C(=O)Nc1cnc(Br)cc1C(=O)NCC. The van der Waals surface area contributed by atoms with E-state index in [1.807, 2.05) is 6.92 Å². The summed E-state index contributed by atoms with van der Waals surface area (Å²) in [7, 11) is 0. The van der Waals surface area contributed by atoms with Gasteiger partial charge in [0.15, 0.2) is 6.10 Å². The average Bonchev–Trinajstić information content (AvgIpc) is 2.48. The van der Waals surface area contributed by atoms with E-state index in [1.54, 1.807) is 6.92 Å². The molecule has 1 aromatic rings. The molecule has 0 bridgehead atoms.